The van der Waals surface area contributed by atoms with Crippen molar-refractivity contribution in [1.29, 1.82) is 0 Å². The van der Waals surface area contributed by atoms with E-state index in [0.717, 1.165) is 30.2 Å². The van der Waals surface area contributed by atoms with Crippen molar-refractivity contribution < 1.29 is 13.9 Å². The van der Waals surface area contributed by atoms with E-state index in [1.54, 1.807) is 24.3 Å². The number of aliphatic imine (C=N–C) groups is 1. The molecule has 1 saturated carbocycles. The molecule has 2 aromatic rings. The number of aromatic amines is 1. The molecule has 8 nitrogen and oxygen atoms in total. The third-order valence-electron chi connectivity index (χ3n) is 5.96. The van der Waals surface area contributed by atoms with E-state index in [1.807, 2.05) is 6.07 Å². The molecule has 30 heavy (non-hydrogen) atoms. The smallest absolute Gasteiger partial charge is 0.410 e. The Morgan fingerprint density at radius 1 is 1.47 bits per heavy atom. The molecule has 2 aromatic heterocycles. The van der Waals surface area contributed by atoms with Crippen LogP contribution >= 0.6 is 11.6 Å². The fourth-order valence-corrected chi connectivity index (χ4v) is 4.77. The number of H-pyrrole nitrogens is 1. The lowest BCUT2D eigenvalue weighted by Crippen LogP contribution is -2.48. The maximum Gasteiger partial charge on any atom is 0.410 e. The Balaban J connectivity index is 1.37. The number of ether oxygens (including phenoxy) is 1. The summed E-state index contributed by atoms with van der Waals surface area (Å²) in [5, 5.41) is 7.57. The van der Waals surface area contributed by atoms with Gasteiger partial charge in [0.2, 0.25) is 0 Å². The summed E-state index contributed by atoms with van der Waals surface area (Å²) >= 11 is 6.09. The predicted molar refractivity (Wildman–Crippen MR) is 111 cm³/mol. The van der Waals surface area contributed by atoms with Gasteiger partial charge < -0.3 is 25.3 Å². The van der Waals surface area contributed by atoms with Crippen LogP contribution < -0.4 is 10.6 Å². The number of fused-ring (bicyclic) bond motifs is 1. The molecule has 3 N–H and O–H groups in total. The van der Waals surface area contributed by atoms with Gasteiger partial charge in [-0.3, -0.25) is 0 Å². The van der Waals surface area contributed by atoms with Crippen molar-refractivity contribution in [3.63, 3.8) is 0 Å². The quantitative estimate of drug-likeness (QED) is 0.676. The largest absolute Gasteiger partial charge is 0.441 e. The zero-order valence-electron chi connectivity index (χ0n) is 16.4. The summed E-state index contributed by atoms with van der Waals surface area (Å²) in [6.45, 7) is 0.558. The van der Waals surface area contributed by atoms with E-state index >= 15 is 0 Å². The van der Waals surface area contributed by atoms with Gasteiger partial charge in [0.05, 0.1) is 11.6 Å². The van der Waals surface area contributed by atoms with Crippen LogP contribution in [-0.2, 0) is 4.74 Å². The molecular formula is C20H22ClFN6O2. The number of nitrogens with one attached hydrogen (secondary N) is 3. The first-order valence-corrected chi connectivity index (χ1v) is 10.3. The van der Waals surface area contributed by atoms with Gasteiger partial charge in [-0.1, -0.05) is 11.6 Å². The molecule has 2 fully saturated rings. The number of halogens is 2. The van der Waals surface area contributed by atoms with E-state index in [4.69, 9.17) is 16.3 Å². The lowest BCUT2D eigenvalue weighted by atomic mass is 9.81. The van der Waals surface area contributed by atoms with Crippen LogP contribution in [0.25, 0.3) is 11.0 Å². The Morgan fingerprint density at radius 3 is 3.13 bits per heavy atom. The Labute approximate surface area is 177 Å². The standard InChI is InChI=1S/C20H22ClFN6O2/c1-28-10-20(30-19(28)29)4-2-3-12(6-20)26-18-15(22)9-25-17(27-18)14-8-24-16-13(14)5-11(21)7-23-16/h5,7-9,12,17,25H,2-4,6,10H2,1H3,(H,23,24)(H,26,27)/t12-,17?,20+/m0/s1. The summed E-state index contributed by atoms with van der Waals surface area (Å²) in [4.78, 5) is 25.4. The third kappa shape index (κ3) is 3.36. The highest BCUT2D eigenvalue weighted by Gasteiger charge is 2.47. The fraction of sp³-hybridized carbons (Fsp3) is 0.450. The van der Waals surface area contributed by atoms with Crippen LogP contribution in [0.4, 0.5) is 9.18 Å². The Morgan fingerprint density at radius 2 is 2.33 bits per heavy atom. The van der Waals surface area contributed by atoms with Gasteiger partial charge in [0.25, 0.3) is 0 Å². The molecule has 1 amide bonds. The first-order valence-electron chi connectivity index (χ1n) is 9.95. The molecule has 2 aliphatic heterocycles. The van der Waals surface area contributed by atoms with Crippen LogP contribution in [0.1, 0.15) is 37.4 Å². The number of rotatable bonds is 2. The van der Waals surface area contributed by atoms with Crippen molar-refractivity contribution in [1.82, 2.24) is 25.5 Å². The maximum atomic E-state index is 14.6. The molecule has 0 aromatic carbocycles. The van der Waals surface area contributed by atoms with Crippen LogP contribution in [-0.4, -0.2) is 52.0 Å². The molecular weight excluding hydrogens is 411 g/mol. The van der Waals surface area contributed by atoms with Crippen molar-refractivity contribution in [3.05, 3.63) is 41.1 Å². The highest BCUT2D eigenvalue weighted by atomic mass is 35.5. The number of carbonyl (C=O) groups is 1. The molecule has 0 radical (unpaired) electrons. The summed E-state index contributed by atoms with van der Waals surface area (Å²) in [6, 6.07) is 1.78. The monoisotopic (exact) mass is 432 g/mol. The van der Waals surface area contributed by atoms with Gasteiger partial charge in [-0.15, -0.1) is 0 Å². The second-order valence-corrected chi connectivity index (χ2v) is 8.61. The average molecular weight is 433 g/mol. The number of carbonyl (C=O) groups excluding carboxylic acids is 1. The van der Waals surface area contributed by atoms with E-state index in [9.17, 15) is 9.18 Å². The molecule has 1 unspecified atom stereocenters. The number of hydrogen-bond donors (Lipinski definition) is 3. The number of pyridine rings is 1. The normalized spacial score (nSPS) is 28.9. The minimum absolute atomic E-state index is 0.0335. The molecule has 158 valence electrons. The van der Waals surface area contributed by atoms with E-state index < -0.39 is 17.6 Å². The number of likely N-dealkylation sites (N-methyl/N-ethyl adjacent to an activating group) is 1. The van der Waals surface area contributed by atoms with Crippen molar-refractivity contribution in [2.45, 2.75) is 43.5 Å². The summed E-state index contributed by atoms with van der Waals surface area (Å²) in [5.41, 5.74) is 1.01. The number of amidine groups is 1. The SMILES string of the molecule is CN1C[C@]2(CCC[C@H](NC3=NC(c4c[nH]c5ncc(Cl)cc45)NC=C3F)C2)OC1=O. The number of nitrogens with zero attached hydrogens (tertiary/aromatic N) is 3. The van der Waals surface area contributed by atoms with Gasteiger partial charge in [-0.05, 0) is 25.3 Å². The molecule has 3 atom stereocenters. The Bertz CT molecular complexity index is 1070. The molecule has 1 spiro atoms. The maximum absolute atomic E-state index is 14.6. The zero-order chi connectivity index (χ0) is 20.9. The van der Waals surface area contributed by atoms with Crippen LogP contribution in [0.5, 0.6) is 0 Å². The van der Waals surface area contributed by atoms with Crippen LogP contribution in [0.3, 0.4) is 0 Å². The average Bonchev–Trinajstić information content (AvgIpc) is 3.24. The van der Waals surface area contributed by atoms with Crippen molar-refractivity contribution in [2.24, 2.45) is 4.99 Å². The summed E-state index contributed by atoms with van der Waals surface area (Å²) in [5.74, 6) is -0.259. The molecule has 5 rings (SSSR count). The second kappa shape index (κ2) is 7.16. The predicted octanol–water partition coefficient (Wildman–Crippen LogP) is 3.38. The van der Waals surface area contributed by atoms with Crippen LogP contribution in [0, 0.1) is 0 Å². The number of amides is 1. The van der Waals surface area contributed by atoms with Gasteiger partial charge in [0, 0.05) is 49.1 Å². The molecule has 3 aliphatic rings. The zero-order valence-corrected chi connectivity index (χ0v) is 17.2. The molecule has 10 heteroatoms. The van der Waals surface area contributed by atoms with Gasteiger partial charge >= 0.3 is 6.09 Å². The minimum Gasteiger partial charge on any atom is -0.441 e. The van der Waals surface area contributed by atoms with Gasteiger partial charge in [0.15, 0.2) is 11.7 Å². The van der Waals surface area contributed by atoms with Gasteiger partial charge in [-0.2, -0.15) is 0 Å². The highest BCUT2D eigenvalue weighted by Crippen LogP contribution is 2.37. The molecule has 4 heterocycles. The van der Waals surface area contributed by atoms with Crippen LogP contribution in [0.2, 0.25) is 5.02 Å². The lowest BCUT2D eigenvalue weighted by Gasteiger charge is -2.37. The lowest BCUT2D eigenvalue weighted by molar-refractivity contribution is 0.0175. The highest BCUT2D eigenvalue weighted by molar-refractivity contribution is 6.31. The first kappa shape index (κ1) is 19.2. The number of aromatic nitrogens is 2. The van der Waals surface area contributed by atoms with Crippen molar-refractivity contribution in [2.75, 3.05) is 13.6 Å². The van der Waals surface area contributed by atoms with Crippen LogP contribution in [0.15, 0.2) is 35.5 Å². The third-order valence-corrected chi connectivity index (χ3v) is 6.17. The van der Waals surface area contributed by atoms with E-state index in [1.165, 1.54) is 6.20 Å². The van der Waals surface area contributed by atoms with E-state index in [-0.39, 0.29) is 18.0 Å². The first-order chi connectivity index (χ1) is 14.4. The molecule has 0 bridgehead atoms. The van der Waals surface area contributed by atoms with Crippen molar-refractivity contribution in [3.8, 4) is 0 Å². The van der Waals surface area contributed by atoms with Gasteiger partial charge in [0.1, 0.15) is 17.4 Å². The van der Waals surface area contributed by atoms with E-state index in [2.05, 4.69) is 25.6 Å². The molecule has 1 saturated heterocycles. The van der Waals surface area contributed by atoms with Gasteiger partial charge in [-0.25, -0.2) is 19.2 Å². The van der Waals surface area contributed by atoms with Crippen molar-refractivity contribution >= 4 is 34.6 Å². The second-order valence-electron chi connectivity index (χ2n) is 8.18. The fourth-order valence-electron chi connectivity index (χ4n) is 4.61. The van der Waals surface area contributed by atoms with E-state index in [0.29, 0.717) is 23.6 Å². The Hall–Kier alpha value is -2.81. The minimum atomic E-state index is -0.506. The summed E-state index contributed by atoms with van der Waals surface area (Å²) < 4.78 is 20.2. The number of hydrogen-bond acceptors (Lipinski definition) is 6. The summed E-state index contributed by atoms with van der Waals surface area (Å²) in [7, 11) is 1.74. The summed E-state index contributed by atoms with van der Waals surface area (Å²) in [6.07, 6.45) is 7.11. The molecule has 1 aliphatic carbocycles. The Kier molecular flexibility index (Phi) is 4.57. The topological polar surface area (TPSA) is 94.6 Å².